The van der Waals surface area contributed by atoms with Crippen molar-refractivity contribution in [3.8, 4) is 17.0 Å². The van der Waals surface area contributed by atoms with Gasteiger partial charge in [0.25, 0.3) is 0 Å². The minimum Gasteiger partial charge on any atom is -0.492 e. The van der Waals surface area contributed by atoms with E-state index in [1.165, 1.54) is 7.11 Å². The average molecular weight is 373 g/mol. The van der Waals surface area contributed by atoms with Gasteiger partial charge in [-0.15, -0.1) is 0 Å². The van der Waals surface area contributed by atoms with Crippen molar-refractivity contribution >= 4 is 29.1 Å². The summed E-state index contributed by atoms with van der Waals surface area (Å²) in [5.74, 6) is 0.247. The summed E-state index contributed by atoms with van der Waals surface area (Å²) in [5.41, 5.74) is 1.90. The first-order valence-corrected chi connectivity index (χ1v) is 8.34. The first-order chi connectivity index (χ1) is 12.6. The number of nitrogens with zero attached hydrogens (tertiary/aromatic N) is 1. The van der Waals surface area contributed by atoms with Crippen LogP contribution in [0.1, 0.15) is 17.3 Å². The number of para-hydroxylation sites is 2. The minimum atomic E-state index is -0.562. The molecule has 0 spiro atoms. The van der Waals surface area contributed by atoms with Crippen molar-refractivity contribution in [1.29, 1.82) is 0 Å². The molecule has 26 heavy (non-hydrogen) atoms. The van der Waals surface area contributed by atoms with Crippen molar-refractivity contribution < 1.29 is 18.8 Å². The second-order valence-electron chi connectivity index (χ2n) is 5.29. The van der Waals surface area contributed by atoms with Gasteiger partial charge < -0.3 is 19.3 Å². The maximum absolute atomic E-state index is 12.3. The molecule has 0 bridgehead atoms. The molecule has 134 valence electrons. The van der Waals surface area contributed by atoms with Crippen LogP contribution in [0.5, 0.6) is 5.75 Å². The number of hydrogen-bond donors (Lipinski definition) is 1. The van der Waals surface area contributed by atoms with Crippen LogP contribution in [0.25, 0.3) is 11.3 Å². The van der Waals surface area contributed by atoms with Crippen molar-refractivity contribution in [2.24, 2.45) is 0 Å². The van der Waals surface area contributed by atoms with Gasteiger partial charge in [0.2, 0.25) is 5.88 Å². The van der Waals surface area contributed by atoms with E-state index < -0.39 is 5.97 Å². The number of benzene rings is 2. The Hall–Kier alpha value is -2.99. The molecule has 0 fully saturated rings. The molecule has 0 amide bonds. The Balaban J connectivity index is 2.03. The molecule has 0 aliphatic rings. The topological polar surface area (TPSA) is 73.6 Å². The van der Waals surface area contributed by atoms with Crippen LogP contribution in [0.3, 0.4) is 0 Å². The number of carbonyl (C=O) groups is 1. The Bertz CT molecular complexity index is 906. The lowest BCUT2D eigenvalue weighted by Gasteiger charge is -2.10. The predicted molar refractivity (Wildman–Crippen MR) is 99.2 cm³/mol. The first-order valence-electron chi connectivity index (χ1n) is 7.96. The SMILES string of the molecule is CCOc1ccccc1Nc1onc(-c2ccc(Cl)cc2)c1C(=O)OC. The van der Waals surface area contributed by atoms with Crippen molar-refractivity contribution in [2.75, 3.05) is 19.0 Å². The fourth-order valence-electron chi connectivity index (χ4n) is 2.45. The molecule has 0 aliphatic carbocycles. The van der Waals surface area contributed by atoms with Gasteiger partial charge >= 0.3 is 5.97 Å². The largest absolute Gasteiger partial charge is 0.492 e. The summed E-state index contributed by atoms with van der Waals surface area (Å²) < 4.78 is 15.9. The van der Waals surface area contributed by atoms with Gasteiger partial charge in [-0.1, -0.05) is 41.0 Å². The van der Waals surface area contributed by atoms with Gasteiger partial charge in [-0.3, -0.25) is 0 Å². The molecule has 0 aliphatic heterocycles. The summed E-state index contributed by atoms with van der Waals surface area (Å²) in [6.45, 7) is 2.40. The Morgan fingerprint density at radius 3 is 2.62 bits per heavy atom. The van der Waals surface area contributed by atoms with Crippen molar-refractivity contribution in [2.45, 2.75) is 6.92 Å². The molecule has 7 heteroatoms. The number of esters is 1. The van der Waals surface area contributed by atoms with Crippen LogP contribution in [0.15, 0.2) is 53.1 Å². The van der Waals surface area contributed by atoms with E-state index in [1.807, 2.05) is 31.2 Å². The molecule has 6 nitrogen and oxygen atoms in total. The second-order valence-corrected chi connectivity index (χ2v) is 5.72. The first kappa shape index (κ1) is 17.8. The molecule has 0 unspecified atom stereocenters. The molecule has 3 aromatic rings. The molecule has 2 aromatic carbocycles. The zero-order chi connectivity index (χ0) is 18.5. The molecule has 1 aromatic heterocycles. The number of methoxy groups -OCH3 is 1. The Kier molecular flexibility index (Phi) is 5.43. The molecule has 3 rings (SSSR count). The molecular weight excluding hydrogens is 356 g/mol. The van der Waals surface area contributed by atoms with Gasteiger partial charge in [0, 0.05) is 10.6 Å². The van der Waals surface area contributed by atoms with Crippen LogP contribution >= 0.6 is 11.6 Å². The number of aromatic nitrogens is 1. The lowest BCUT2D eigenvalue weighted by Crippen LogP contribution is -2.06. The predicted octanol–water partition coefficient (Wildman–Crippen LogP) is 4.92. The van der Waals surface area contributed by atoms with E-state index in [0.29, 0.717) is 34.3 Å². The summed E-state index contributed by atoms with van der Waals surface area (Å²) in [4.78, 5) is 12.3. The van der Waals surface area contributed by atoms with Crippen LogP contribution < -0.4 is 10.1 Å². The zero-order valence-corrected chi connectivity index (χ0v) is 15.0. The van der Waals surface area contributed by atoms with E-state index in [4.69, 9.17) is 25.6 Å². The van der Waals surface area contributed by atoms with Gasteiger partial charge in [0.1, 0.15) is 11.4 Å². The average Bonchev–Trinajstić information content (AvgIpc) is 3.07. The molecule has 0 radical (unpaired) electrons. The summed E-state index contributed by atoms with van der Waals surface area (Å²) in [5, 5.41) is 7.68. The lowest BCUT2D eigenvalue weighted by atomic mass is 10.1. The maximum atomic E-state index is 12.3. The number of rotatable bonds is 6. The number of carbonyl (C=O) groups excluding carboxylic acids is 1. The minimum absolute atomic E-state index is 0.175. The van der Waals surface area contributed by atoms with Gasteiger partial charge in [-0.25, -0.2) is 4.79 Å². The molecule has 1 heterocycles. The number of ether oxygens (including phenoxy) is 2. The fourth-order valence-corrected chi connectivity index (χ4v) is 2.57. The molecule has 0 atom stereocenters. The van der Waals surface area contributed by atoms with E-state index in [9.17, 15) is 4.79 Å². The summed E-state index contributed by atoms with van der Waals surface area (Å²) in [6, 6.07) is 14.3. The van der Waals surface area contributed by atoms with Crippen LogP contribution in [0.4, 0.5) is 11.6 Å². The summed E-state index contributed by atoms with van der Waals surface area (Å²) in [6.07, 6.45) is 0. The number of hydrogen-bond acceptors (Lipinski definition) is 6. The van der Waals surface area contributed by atoms with E-state index in [2.05, 4.69) is 10.5 Å². The Labute approximate surface area is 155 Å². The molecule has 0 saturated carbocycles. The standard InChI is InChI=1S/C19H17ClN2O4/c1-3-25-15-7-5-4-6-14(15)21-18-16(19(23)24-2)17(22-26-18)12-8-10-13(20)11-9-12/h4-11,21H,3H2,1-2H3. The Morgan fingerprint density at radius 2 is 1.92 bits per heavy atom. The van der Waals surface area contributed by atoms with Crippen molar-refractivity contribution in [3.05, 3.63) is 59.1 Å². The van der Waals surface area contributed by atoms with E-state index in [-0.39, 0.29) is 11.4 Å². The molecule has 0 saturated heterocycles. The van der Waals surface area contributed by atoms with Crippen LogP contribution in [-0.2, 0) is 4.74 Å². The third-order valence-electron chi connectivity index (χ3n) is 3.63. The van der Waals surface area contributed by atoms with Gasteiger partial charge in [0.15, 0.2) is 5.56 Å². The van der Waals surface area contributed by atoms with Crippen molar-refractivity contribution in [3.63, 3.8) is 0 Å². The third-order valence-corrected chi connectivity index (χ3v) is 3.89. The van der Waals surface area contributed by atoms with Gasteiger partial charge in [0.05, 0.1) is 19.4 Å². The quantitative estimate of drug-likeness (QED) is 0.619. The highest BCUT2D eigenvalue weighted by atomic mass is 35.5. The highest BCUT2D eigenvalue weighted by molar-refractivity contribution is 6.30. The van der Waals surface area contributed by atoms with Crippen LogP contribution in [0.2, 0.25) is 5.02 Å². The number of anilines is 2. The normalized spacial score (nSPS) is 10.4. The van der Waals surface area contributed by atoms with E-state index in [0.717, 1.165) is 0 Å². The molecule has 1 N–H and O–H groups in total. The number of nitrogens with one attached hydrogen (secondary N) is 1. The van der Waals surface area contributed by atoms with Crippen LogP contribution in [-0.4, -0.2) is 24.8 Å². The second kappa shape index (κ2) is 7.93. The van der Waals surface area contributed by atoms with Gasteiger partial charge in [-0.2, -0.15) is 0 Å². The summed E-state index contributed by atoms with van der Waals surface area (Å²) >= 11 is 5.93. The highest BCUT2D eigenvalue weighted by Gasteiger charge is 2.25. The monoisotopic (exact) mass is 372 g/mol. The van der Waals surface area contributed by atoms with E-state index >= 15 is 0 Å². The van der Waals surface area contributed by atoms with Crippen molar-refractivity contribution in [1.82, 2.24) is 5.16 Å². The lowest BCUT2D eigenvalue weighted by molar-refractivity contribution is 0.0602. The maximum Gasteiger partial charge on any atom is 0.345 e. The highest BCUT2D eigenvalue weighted by Crippen LogP contribution is 2.34. The zero-order valence-electron chi connectivity index (χ0n) is 14.3. The third kappa shape index (κ3) is 3.65. The summed E-state index contributed by atoms with van der Waals surface area (Å²) in [7, 11) is 1.30. The molecular formula is C19H17ClN2O4. The Morgan fingerprint density at radius 1 is 1.19 bits per heavy atom. The fraction of sp³-hybridized carbons (Fsp3) is 0.158. The van der Waals surface area contributed by atoms with Crippen LogP contribution in [0, 0.1) is 0 Å². The van der Waals surface area contributed by atoms with E-state index in [1.54, 1.807) is 24.3 Å². The number of halogens is 1. The van der Waals surface area contributed by atoms with Gasteiger partial charge in [-0.05, 0) is 31.2 Å². The smallest absolute Gasteiger partial charge is 0.345 e.